The molecule has 4 nitrogen and oxygen atoms in total. The van der Waals surface area contributed by atoms with Gasteiger partial charge in [-0.15, -0.1) is 0 Å². The number of carboxylic acid groups (broad SMARTS) is 1. The van der Waals surface area contributed by atoms with Gasteiger partial charge in [0.2, 0.25) is 5.91 Å². The summed E-state index contributed by atoms with van der Waals surface area (Å²) in [6.45, 7) is 0. The van der Waals surface area contributed by atoms with Crippen molar-refractivity contribution < 1.29 is 14.7 Å². The molecule has 3 atom stereocenters. The summed E-state index contributed by atoms with van der Waals surface area (Å²) in [5, 5.41) is 12.1. The summed E-state index contributed by atoms with van der Waals surface area (Å²) in [5.74, 6) is 1.11. The molecule has 1 heterocycles. The third-order valence-corrected chi connectivity index (χ3v) is 5.12. The molecule has 0 aromatic carbocycles. The number of carbonyl (C=O) groups is 2. The maximum Gasteiger partial charge on any atom is 0.306 e. The zero-order chi connectivity index (χ0) is 13.0. The van der Waals surface area contributed by atoms with Gasteiger partial charge < -0.3 is 10.4 Å². The first kappa shape index (κ1) is 13.7. The van der Waals surface area contributed by atoms with Gasteiger partial charge in [0, 0.05) is 17.7 Å². The minimum Gasteiger partial charge on any atom is -0.481 e. The van der Waals surface area contributed by atoms with Crippen molar-refractivity contribution in [2.45, 2.75) is 44.6 Å². The van der Waals surface area contributed by atoms with E-state index in [4.69, 9.17) is 5.11 Å². The molecule has 2 aliphatic rings. The first-order valence-corrected chi connectivity index (χ1v) is 7.93. The lowest BCUT2D eigenvalue weighted by Crippen LogP contribution is -2.43. The van der Waals surface area contributed by atoms with Gasteiger partial charge in [0.25, 0.3) is 0 Å². The van der Waals surface area contributed by atoms with E-state index in [2.05, 4.69) is 5.32 Å². The maximum atomic E-state index is 12.1. The highest BCUT2D eigenvalue weighted by molar-refractivity contribution is 7.99. The van der Waals surface area contributed by atoms with Gasteiger partial charge in [-0.1, -0.05) is 6.42 Å². The van der Waals surface area contributed by atoms with Crippen LogP contribution in [-0.2, 0) is 9.59 Å². The second-order valence-electron chi connectivity index (χ2n) is 5.32. The van der Waals surface area contributed by atoms with Crippen LogP contribution in [0.5, 0.6) is 0 Å². The van der Waals surface area contributed by atoms with Gasteiger partial charge >= 0.3 is 5.97 Å². The number of hydrogen-bond acceptors (Lipinski definition) is 3. The Morgan fingerprint density at radius 1 is 1.11 bits per heavy atom. The van der Waals surface area contributed by atoms with Crippen LogP contribution in [0.25, 0.3) is 0 Å². The van der Waals surface area contributed by atoms with E-state index in [1.807, 2.05) is 11.8 Å². The van der Waals surface area contributed by atoms with E-state index in [0.29, 0.717) is 12.5 Å². The fourth-order valence-electron chi connectivity index (χ4n) is 2.83. The first-order chi connectivity index (χ1) is 8.66. The number of nitrogens with one attached hydrogen (secondary N) is 1. The summed E-state index contributed by atoms with van der Waals surface area (Å²) in [6.07, 6.45) is 5.16. The summed E-state index contributed by atoms with van der Waals surface area (Å²) in [7, 11) is 0. The molecule has 102 valence electrons. The highest BCUT2D eigenvalue weighted by atomic mass is 32.2. The fraction of sp³-hybridized carbons (Fsp3) is 0.846. The number of carboxylic acids is 1. The van der Waals surface area contributed by atoms with Crippen LogP contribution in [-0.4, -0.2) is 34.5 Å². The van der Waals surface area contributed by atoms with Crippen molar-refractivity contribution in [2.24, 2.45) is 11.8 Å². The molecule has 2 rings (SSSR count). The molecule has 0 bridgehead atoms. The van der Waals surface area contributed by atoms with E-state index in [1.165, 1.54) is 5.75 Å². The molecule has 0 radical (unpaired) electrons. The summed E-state index contributed by atoms with van der Waals surface area (Å²) < 4.78 is 0. The lowest BCUT2D eigenvalue weighted by atomic mass is 9.81. The molecule has 3 unspecified atom stereocenters. The number of hydrogen-bond donors (Lipinski definition) is 2. The Labute approximate surface area is 112 Å². The maximum absolute atomic E-state index is 12.1. The van der Waals surface area contributed by atoms with Crippen molar-refractivity contribution in [2.75, 3.05) is 11.5 Å². The van der Waals surface area contributed by atoms with Gasteiger partial charge in [0.15, 0.2) is 0 Å². The van der Waals surface area contributed by atoms with Crippen LogP contribution < -0.4 is 5.32 Å². The van der Waals surface area contributed by atoms with Crippen molar-refractivity contribution in [3.63, 3.8) is 0 Å². The van der Waals surface area contributed by atoms with Crippen LogP contribution in [0.4, 0.5) is 0 Å². The largest absolute Gasteiger partial charge is 0.481 e. The Bertz CT molecular complexity index is 315. The first-order valence-electron chi connectivity index (χ1n) is 6.77. The Morgan fingerprint density at radius 2 is 1.89 bits per heavy atom. The SMILES string of the molecule is O=C(O)C1CCCC(C(=O)NC2CCCSC2)C1. The Kier molecular flexibility index (Phi) is 4.92. The standard InChI is InChI=1S/C13H21NO3S/c15-12(14-11-5-2-6-18-8-11)9-3-1-4-10(7-9)13(16)17/h9-11H,1-8H2,(H,14,15)(H,16,17). The van der Waals surface area contributed by atoms with Crippen LogP contribution in [0.15, 0.2) is 0 Å². The lowest BCUT2D eigenvalue weighted by Gasteiger charge is -2.29. The lowest BCUT2D eigenvalue weighted by molar-refractivity contribution is -0.144. The van der Waals surface area contributed by atoms with E-state index < -0.39 is 5.97 Å². The second-order valence-corrected chi connectivity index (χ2v) is 6.47. The molecular weight excluding hydrogens is 250 g/mol. The number of carbonyl (C=O) groups excluding carboxylic acids is 1. The number of rotatable bonds is 3. The molecule has 0 aromatic heterocycles. The van der Waals surface area contributed by atoms with Crippen molar-refractivity contribution >= 4 is 23.6 Å². The molecule has 1 aliphatic carbocycles. The predicted molar refractivity (Wildman–Crippen MR) is 71.6 cm³/mol. The normalized spacial score (nSPS) is 32.8. The highest BCUT2D eigenvalue weighted by Gasteiger charge is 2.31. The van der Waals surface area contributed by atoms with Crippen LogP contribution in [0.3, 0.4) is 0 Å². The molecule has 0 spiro atoms. The minimum atomic E-state index is -0.749. The minimum absolute atomic E-state index is 0.0773. The molecule has 2 fully saturated rings. The Morgan fingerprint density at radius 3 is 2.56 bits per heavy atom. The number of aliphatic carboxylic acids is 1. The fourth-order valence-corrected chi connectivity index (χ4v) is 3.90. The van der Waals surface area contributed by atoms with Gasteiger partial charge in [-0.25, -0.2) is 0 Å². The van der Waals surface area contributed by atoms with Crippen LogP contribution >= 0.6 is 11.8 Å². The molecule has 1 saturated carbocycles. The van der Waals surface area contributed by atoms with Crippen molar-refractivity contribution in [1.82, 2.24) is 5.32 Å². The average molecular weight is 271 g/mol. The average Bonchev–Trinajstić information content (AvgIpc) is 2.40. The van der Waals surface area contributed by atoms with Gasteiger partial charge in [0.1, 0.15) is 0 Å². The van der Waals surface area contributed by atoms with Crippen LogP contribution in [0.2, 0.25) is 0 Å². The second kappa shape index (κ2) is 6.45. The molecular formula is C13H21NO3S. The number of amides is 1. The third-order valence-electron chi connectivity index (χ3n) is 3.90. The van der Waals surface area contributed by atoms with Gasteiger partial charge in [-0.2, -0.15) is 11.8 Å². The van der Waals surface area contributed by atoms with Gasteiger partial charge in [-0.05, 0) is 37.9 Å². The molecule has 1 saturated heterocycles. The van der Waals surface area contributed by atoms with Crippen molar-refractivity contribution in [3.8, 4) is 0 Å². The van der Waals surface area contributed by atoms with Gasteiger partial charge in [-0.3, -0.25) is 9.59 Å². The molecule has 18 heavy (non-hydrogen) atoms. The Balaban J connectivity index is 1.82. The Hall–Kier alpha value is -0.710. The summed E-state index contributed by atoms with van der Waals surface area (Å²) in [4.78, 5) is 23.1. The van der Waals surface area contributed by atoms with E-state index in [0.717, 1.165) is 37.9 Å². The van der Waals surface area contributed by atoms with Crippen molar-refractivity contribution in [3.05, 3.63) is 0 Å². The molecule has 5 heteroatoms. The molecule has 2 N–H and O–H groups in total. The molecule has 0 aromatic rings. The van der Waals surface area contributed by atoms with E-state index in [1.54, 1.807) is 0 Å². The molecule has 1 amide bonds. The highest BCUT2D eigenvalue weighted by Crippen LogP contribution is 2.29. The topological polar surface area (TPSA) is 66.4 Å². The van der Waals surface area contributed by atoms with Crippen LogP contribution in [0, 0.1) is 11.8 Å². The summed E-state index contributed by atoms with van der Waals surface area (Å²) in [5.41, 5.74) is 0. The van der Waals surface area contributed by atoms with E-state index in [-0.39, 0.29) is 17.7 Å². The van der Waals surface area contributed by atoms with E-state index in [9.17, 15) is 9.59 Å². The van der Waals surface area contributed by atoms with Crippen LogP contribution in [0.1, 0.15) is 38.5 Å². The summed E-state index contributed by atoms with van der Waals surface area (Å²) in [6, 6.07) is 0.293. The monoisotopic (exact) mass is 271 g/mol. The zero-order valence-corrected chi connectivity index (χ0v) is 11.4. The third kappa shape index (κ3) is 3.64. The van der Waals surface area contributed by atoms with Crippen molar-refractivity contribution in [1.29, 1.82) is 0 Å². The predicted octanol–water partition coefficient (Wildman–Crippen LogP) is 1.89. The smallest absolute Gasteiger partial charge is 0.306 e. The van der Waals surface area contributed by atoms with E-state index >= 15 is 0 Å². The summed E-state index contributed by atoms with van der Waals surface area (Å²) >= 11 is 1.89. The van der Waals surface area contributed by atoms with Gasteiger partial charge in [0.05, 0.1) is 5.92 Å². The zero-order valence-electron chi connectivity index (χ0n) is 10.6. The number of thioether (sulfide) groups is 1. The quantitative estimate of drug-likeness (QED) is 0.822. The molecule has 1 aliphatic heterocycles.